The van der Waals surface area contributed by atoms with E-state index in [1.165, 1.54) is 39.7 Å². The molecule has 158 valence electrons. The maximum absolute atomic E-state index is 13.2. The molecule has 2 atom stereocenters. The van der Waals surface area contributed by atoms with Gasteiger partial charge in [-0.2, -0.15) is 0 Å². The fraction of sp³-hybridized carbons (Fsp3) is 0.435. The summed E-state index contributed by atoms with van der Waals surface area (Å²) in [6, 6.07) is 5.10. The van der Waals surface area contributed by atoms with E-state index in [2.05, 4.69) is 10.3 Å². The van der Waals surface area contributed by atoms with E-state index in [1.54, 1.807) is 24.4 Å². The molecular weight excluding hydrogens is 382 g/mol. The number of nitrogens with one attached hydrogen (secondary N) is 1. The average Bonchev–Trinajstić information content (AvgIpc) is 3.35. The number of likely N-dealkylation sites (tertiary alicyclic amines) is 1. The Labute approximate surface area is 176 Å². The Morgan fingerprint density at radius 2 is 1.77 bits per heavy atom. The fourth-order valence-electron chi connectivity index (χ4n) is 4.64. The van der Waals surface area contributed by atoms with Crippen LogP contribution >= 0.6 is 0 Å². The van der Waals surface area contributed by atoms with Crippen LogP contribution in [-0.4, -0.2) is 49.0 Å². The maximum Gasteiger partial charge on any atom is 0.257 e. The zero-order valence-electron chi connectivity index (χ0n) is 17.6. The molecule has 7 nitrogen and oxygen atoms in total. The molecule has 2 aliphatic rings. The number of carbonyl (C=O) groups is 2. The average molecular weight is 409 g/mol. The van der Waals surface area contributed by atoms with Gasteiger partial charge in [-0.15, -0.1) is 0 Å². The van der Waals surface area contributed by atoms with Gasteiger partial charge in [0.1, 0.15) is 0 Å². The van der Waals surface area contributed by atoms with Crippen molar-refractivity contribution in [1.29, 1.82) is 0 Å². The lowest BCUT2D eigenvalue weighted by molar-refractivity contribution is 0.0780. The molecule has 1 aromatic carbocycles. The van der Waals surface area contributed by atoms with E-state index in [9.17, 15) is 9.59 Å². The highest BCUT2D eigenvalue weighted by molar-refractivity contribution is 6.06. The molecule has 0 spiro atoms. The number of aromatic nitrogens is 1. The van der Waals surface area contributed by atoms with Crippen molar-refractivity contribution in [2.24, 2.45) is 11.8 Å². The summed E-state index contributed by atoms with van der Waals surface area (Å²) in [5.41, 5.74) is 2.19. The summed E-state index contributed by atoms with van der Waals surface area (Å²) in [5.74, 6) is 1.64. The monoisotopic (exact) mass is 409 g/mol. The fourth-order valence-corrected chi connectivity index (χ4v) is 4.64. The lowest BCUT2D eigenvalue weighted by atomic mass is 10.0. The molecule has 1 aliphatic carbocycles. The number of methoxy groups -OCH3 is 2. The Kier molecular flexibility index (Phi) is 5.61. The SMILES string of the molecule is COc1cc(C(=O)N2C[C@H]3CCC[C@H]3C2)cc(NC(=O)c2cncc(C)c2)c1OC. The van der Waals surface area contributed by atoms with Gasteiger partial charge in [-0.1, -0.05) is 6.42 Å². The number of hydrogen-bond donors (Lipinski definition) is 1. The minimum Gasteiger partial charge on any atom is -0.493 e. The Bertz CT molecular complexity index is 963. The van der Waals surface area contributed by atoms with Crippen LogP contribution in [0.2, 0.25) is 0 Å². The molecule has 2 aromatic rings. The number of carbonyl (C=O) groups excluding carboxylic acids is 2. The van der Waals surface area contributed by atoms with Crippen molar-refractivity contribution in [1.82, 2.24) is 9.88 Å². The van der Waals surface area contributed by atoms with Crippen molar-refractivity contribution in [3.05, 3.63) is 47.3 Å². The first-order valence-electron chi connectivity index (χ1n) is 10.3. The normalized spacial score (nSPS) is 20.0. The molecule has 1 saturated heterocycles. The molecular formula is C23H27N3O4. The van der Waals surface area contributed by atoms with E-state index in [4.69, 9.17) is 9.47 Å². The molecule has 0 bridgehead atoms. The van der Waals surface area contributed by atoms with Crippen molar-refractivity contribution in [2.75, 3.05) is 32.6 Å². The van der Waals surface area contributed by atoms with Crippen LogP contribution in [0, 0.1) is 18.8 Å². The second-order valence-electron chi connectivity index (χ2n) is 8.13. The van der Waals surface area contributed by atoms with Gasteiger partial charge in [0, 0.05) is 31.0 Å². The standard InChI is InChI=1S/C23H27N3O4/c1-14-7-18(11-24-10-14)22(27)25-19-8-17(9-20(29-2)21(19)30-3)23(28)26-12-15-5-4-6-16(15)13-26/h7-11,15-16H,4-6,12-13H2,1-3H3,(H,25,27)/t15-,16+. The zero-order chi connectivity index (χ0) is 21.3. The Morgan fingerprint density at radius 3 is 2.40 bits per heavy atom. The minimum absolute atomic E-state index is 0.0434. The van der Waals surface area contributed by atoms with Gasteiger partial charge in [0.25, 0.3) is 11.8 Å². The molecule has 0 unspecified atom stereocenters. The number of benzene rings is 1. The summed E-state index contributed by atoms with van der Waals surface area (Å²) in [4.78, 5) is 32.0. The minimum atomic E-state index is -0.327. The second kappa shape index (κ2) is 8.34. The largest absolute Gasteiger partial charge is 0.493 e. The first-order valence-corrected chi connectivity index (χ1v) is 10.3. The van der Waals surface area contributed by atoms with Crippen molar-refractivity contribution in [3.8, 4) is 11.5 Å². The number of nitrogens with zero attached hydrogens (tertiary/aromatic N) is 2. The molecule has 1 aromatic heterocycles. The molecule has 0 radical (unpaired) electrons. The lowest BCUT2D eigenvalue weighted by Crippen LogP contribution is -2.29. The lowest BCUT2D eigenvalue weighted by Gasteiger charge is -2.20. The van der Waals surface area contributed by atoms with E-state index < -0.39 is 0 Å². The van der Waals surface area contributed by atoms with Gasteiger partial charge < -0.3 is 19.7 Å². The van der Waals surface area contributed by atoms with Crippen molar-refractivity contribution >= 4 is 17.5 Å². The van der Waals surface area contributed by atoms with Crippen LogP contribution in [0.25, 0.3) is 0 Å². The van der Waals surface area contributed by atoms with Crippen molar-refractivity contribution in [3.63, 3.8) is 0 Å². The van der Waals surface area contributed by atoms with Crippen LogP contribution in [0.4, 0.5) is 5.69 Å². The molecule has 2 amide bonds. The molecule has 30 heavy (non-hydrogen) atoms. The van der Waals surface area contributed by atoms with Crippen LogP contribution in [0.1, 0.15) is 45.5 Å². The number of fused-ring (bicyclic) bond motifs is 1. The molecule has 1 saturated carbocycles. The van der Waals surface area contributed by atoms with Gasteiger partial charge in [0.2, 0.25) is 0 Å². The Balaban J connectivity index is 1.62. The summed E-state index contributed by atoms with van der Waals surface area (Å²) in [7, 11) is 3.02. The van der Waals surface area contributed by atoms with Gasteiger partial charge in [0.05, 0.1) is 25.5 Å². The van der Waals surface area contributed by atoms with E-state index in [0.717, 1.165) is 18.7 Å². The molecule has 7 heteroatoms. The van der Waals surface area contributed by atoms with Gasteiger partial charge in [-0.25, -0.2) is 0 Å². The van der Waals surface area contributed by atoms with Crippen molar-refractivity contribution < 1.29 is 19.1 Å². The van der Waals surface area contributed by atoms with E-state index in [1.807, 2.05) is 11.8 Å². The summed E-state index contributed by atoms with van der Waals surface area (Å²) in [5, 5.41) is 2.85. The van der Waals surface area contributed by atoms with Gasteiger partial charge >= 0.3 is 0 Å². The second-order valence-corrected chi connectivity index (χ2v) is 8.13. The van der Waals surface area contributed by atoms with Crippen LogP contribution in [-0.2, 0) is 0 Å². The third kappa shape index (κ3) is 3.84. The number of hydrogen-bond acceptors (Lipinski definition) is 5. The van der Waals surface area contributed by atoms with Gasteiger partial charge in [-0.05, 0) is 55.4 Å². The predicted octanol–water partition coefficient (Wildman–Crippen LogP) is 3.53. The summed E-state index contributed by atoms with van der Waals surface area (Å²) in [6.07, 6.45) is 6.85. The first-order chi connectivity index (χ1) is 14.5. The summed E-state index contributed by atoms with van der Waals surface area (Å²) >= 11 is 0. The number of amides is 2. The summed E-state index contributed by atoms with van der Waals surface area (Å²) < 4.78 is 10.9. The molecule has 2 heterocycles. The Morgan fingerprint density at radius 1 is 1.03 bits per heavy atom. The topological polar surface area (TPSA) is 80.8 Å². The highest BCUT2D eigenvalue weighted by Gasteiger charge is 2.38. The first kappa shape index (κ1) is 20.2. The third-order valence-electron chi connectivity index (χ3n) is 6.12. The predicted molar refractivity (Wildman–Crippen MR) is 113 cm³/mol. The van der Waals surface area contributed by atoms with Crippen LogP contribution < -0.4 is 14.8 Å². The van der Waals surface area contributed by atoms with Gasteiger partial charge in [0.15, 0.2) is 11.5 Å². The van der Waals surface area contributed by atoms with E-state index in [-0.39, 0.29) is 11.8 Å². The molecule has 4 rings (SSSR count). The maximum atomic E-state index is 13.2. The highest BCUT2D eigenvalue weighted by atomic mass is 16.5. The smallest absolute Gasteiger partial charge is 0.257 e. The van der Waals surface area contributed by atoms with Gasteiger partial charge in [-0.3, -0.25) is 14.6 Å². The molecule has 1 N–H and O–H groups in total. The molecule has 1 aliphatic heterocycles. The number of anilines is 1. The van der Waals surface area contributed by atoms with E-state index >= 15 is 0 Å². The van der Waals surface area contributed by atoms with E-state index in [0.29, 0.717) is 40.1 Å². The zero-order valence-corrected chi connectivity index (χ0v) is 17.6. The molecule has 2 fully saturated rings. The summed E-state index contributed by atoms with van der Waals surface area (Å²) in [6.45, 7) is 3.47. The van der Waals surface area contributed by atoms with Crippen molar-refractivity contribution in [2.45, 2.75) is 26.2 Å². The van der Waals surface area contributed by atoms with Crippen LogP contribution in [0.15, 0.2) is 30.6 Å². The number of ether oxygens (including phenoxy) is 2. The number of pyridine rings is 1. The number of rotatable bonds is 5. The highest BCUT2D eigenvalue weighted by Crippen LogP contribution is 2.40. The van der Waals surface area contributed by atoms with Crippen LogP contribution in [0.3, 0.4) is 0 Å². The quantitative estimate of drug-likeness (QED) is 0.817. The third-order valence-corrected chi connectivity index (χ3v) is 6.12. The number of aryl methyl sites for hydroxylation is 1. The Hall–Kier alpha value is -3.09. The van der Waals surface area contributed by atoms with Crippen LogP contribution in [0.5, 0.6) is 11.5 Å².